The summed E-state index contributed by atoms with van der Waals surface area (Å²) in [7, 11) is 0. The third-order valence-electron chi connectivity index (χ3n) is 5.86. The molecule has 4 rings (SSSR count). The number of ether oxygens (including phenoxy) is 1. The highest BCUT2D eigenvalue weighted by Gasteiger charge is 2.35. The molecule has 1 saturated heterocycles. The molecule has 1 unspecified atom stereocenters. The lowest BCUT2D eigenvalue weighted by molar-refractivity contribution is -0.137. The van der Waals surface area contributed by atoms with Crippen LogP contribution in [0.5, 0.6) is 0 Å². The largest absolute Gasteiger partial charge is 0.452 e. The van der Waals surface area contributed by atoms with Crippen LogP contribution in [0, 0.1) is 0 Å². The highest BCUT2D eigenvalue weighted by atomic mass is 16.5. The summed E-state index contributed by atoms with van der Waals surface area (Å²) in [5, 5.41) is 0. The lowest BCUT2D eigenvalue weighted by Gasteiger charge is -2.33. The first-order chi connectivity index (χ1) is 15.0. The summed E-state index contributed by atoms with van der Waals surface area (Å²) in [6.07, 6.45) is 3.05. The molecule has 7 heteroatoms. The molecule has 2 aromatic carbocycles. The van der Waals surface area contributed by atoms with Crippen molar-refractivity contribution in [1.82, 2.24) is 9.80 Å². The van der Waals surface area contributed by atoms with E-state index >= 15 is 0 Å². The summed E-state index contributed by atoms with van der Waals surface area (Å²) < 4.78 is 5.19. The molecule has 2 aliphatic rings. The van der Waals surface area contributed by atoms with Crippen molar-refractivity contribution >= 4 is 23.7 Å². The van der Waals surface area contributed by atoms with Gasteiger partial charge in [0.25, 0.3) is 17.7 Å². The lowest BCUT2D eigenvalue weighted by Crippen LogP contribution is -2.44. The maximum absolute atomic E-state index is 12.5. The van der Waals surface area contributed by atoms with E-state index in [4.69, 9.17) is 4.74 Å². The number of benzene rings is 2. The van der Waals surface area contributed by atoms with Gasteiger partial charge in [0, 0.05) is 12.6 Å². The summed E-state index contributed by atoms with van der Waals surface area (Å²) in [5.41, 5.74) is 1.83. The molecule has 0 radical (unpaired) electrons. The number of carbonyl (C=O) groups is 4. The Balaban J connectivity index is 1.34. The number of amides is 3. The zero-order valence-electron chi connectivity index (χ0n) is 17.4. The van der Waals surface area contributed by atoms with E-state index in [2.05, 4.69) is 0 Å². The molecule has 1 fully saturated rings. The average molecular weight is 420 g/mol. The van der Waals surface area contributed by atoms with Crippen molar-refractivity contribution in [2.24, 2.45) is 0 Å². The van der Waals surface area contributed by atoms with E-state index in [1.807, 2.05) is 6.92 Å². The minimum Gasteiger partial charge on any atom is -0.452 e. The second-order valence-corrected chi connectivity index (χ2v) is 7.95. The molecule has 2 aliphatic heterocycles. The van der Waals surface area contributed by atoms with Gasteiger partial charge in [0.15, 0.2) is 6.61 Å². The number of rotatable bonds is 5. The lowest BCUT2D eigenvalue weighted by atomic mass is 10.0. The predicted octanol–water partition coefficient (Wildman–Crippen LogP) is 3.04. The molecule has 31 heavy (non-hydrogen) atoms. The molecule has 2 aromatic rings. The van der Waals surface area contributed by atoms with Crippen LogP contribution in [0.25, 0.3) is 0 Å². The number of esters is 1. The van der Waals surface area contributed by atoms with Gasteiger partial charge in [-0.2, -0.15) is 0 Å². The third-order valence-corrected chi connectivity index (χ3v) is 5.86. The molecular weight excluding hydrogens is 396 g/mol. The standard InChI is InChI=1S/C24H24N2O5/c1-16-6-4-5-13-25(16)21(27)15-31-24(30)18-11-9-17(10-12-18)14-26-22(28)19-7-2-3-8-20(19)23(26)29/h2-3,7-12,16H,4-6,13-15H2,1H3. The molecule has 3 amide bonds. The molecule has 0 aromatic heterocycles. The van der Waals surface area contributed by atoms with Crippen LogP contribution < -0.4 is 0 Å². The molecular formula is C24H24N2O5. The van der Waals surface area contributed by atoms with Crippen molar-refractivity contribution in [2.45, 2.75) is 38.8 Å². The number of imide groups is 1. The van der Waals surface area contributed by atoms with Gasteiger partial charge >= 0.3 is 5.97 Å². The van der Waals surface area contributed by atoms with E-state index in [9.17, 15) is 19.2 Å². The van der Waals surface area contributed by atoms with Crippen molar-refractivity contribution < 1.29 is 23.9 Å². The van der Waals surface area contributed by atoms with Crippen molar-refractivity contribution in [1.29, 1.82) is 0 Å². The summed E-state index contributed by atoms with van der Waals surface area (Å²) >= 11 is 0. The van der Waals surface area contributed by atoms with E-state index in [1.54, 1.807) is 53.4 Å². The van der Waals surface area contributed by atoms with Crippen LogP contribution in [0.3, 0.4) is 0 Å². The van der Waals surface area contributed by atoms with E-state index in [0.717, 1.165) is 19.3 Å². The number of piperidine rings is 1. The number of carbonyl (C=O) groups excluding carboxylic acids is 4. The minimum atomic E-state index is -0.578. The number of fused-ring (bicyclic) bond motifs is 1. The second kappa shape index (κ2) is 8.71. The topological polar surface area (TPSA) is 84.0 Å². The van der Waals surface area contributed by atoms with Gasteiger partial charge in [-0.25, -0.2) is 4.79 Å². The van der Waals surface area contributed by atoms with Crippen LogP contribution in [-0.2, 0) is 16.1 Å². The predicted molar refractivity (Wildman–Crippen MR) is 112 cm³/mol. The van der Waals surface area contributed by atoms with E-state index in [0.29, 0.717) is 28.8 Å². The summed E-state index contributed by atoms with van der Waals surface area (Å²) in [6, 6.07) is 13.4. The Morgan fingerprint density at radius 3 is 2.23 bits per heavy atom. The van der Waals surface area contributed by atoms with Crippen LogP contribution in [-0.4, -0.2) is 52.7 Å². The van der Waals surface area contributed by atoms with Crippen molar-refractivity contribution in [3.63, 3.8) is 0 Å². The average Bonchev–Trinajstić information content (AvgIpc) is 3.03. The Bertz CT molecular complexity index is 996. The number of hydrogen-bond acceptors (Lipinski definition) is 5. The molecule has 0 bridgehead atoms. The fourth-order valence-corrected chi connectivity index (χ4v) is 4.07. The van der Waals surface area contributed by atoms with E-state index < -0.39 is 5.97 Å². The third kappa shape index (κ3) is 4.21. The van der Waals surface area contributed by atoms with Crippen molar-refractivity contribution in [2.75, 3.05) is 13.2 Å². The summed E-state index contributed by atoms with van der Waals surface area (Å²) in [5.74, 6) is -1.41. The Hall–Kier alpha value is -3.48. The molecule has 0 N–H and O–H groups in total. The first-order valence-electron chi connectivity index (χ1n) is 10.5. The first-order valence-corrected chi connectivity index (χ1v) is 10.5. The zero-order valence-corrected chi connectivity index (χ0v) is 17.4. The maximum atomic E-state index is 12.5. The maximum Gasteiger partial charge on any atom is 0.338 e. The van der Waals surface area contributed by atoms with Crippen LogP contribution in [0.2, 0.25) is 0 Å². The van der Waals surface area contributed by atoms with Gasteiger partial charge in [0.2, 0.25) is 0 Å². The Labute approximate surface area is 180 Å². The highest BCUT2D eigenvalue weighted by molar-refractivity contribution is 6.21. The van der Waals surface area contributed by atoms with Gasteiger partial charge in [0.05, 0.1) is 23.2 Å². The molecule has 1 atom stereocenters. The summed E-state index contributed by atoms with van der Waals surface area (Å²) in [4.78, 5) is 52.6. The fourth-order valence-electron chi connectivity index (χ4n) is 4.07. The van der Waals surface area contributed by atoms with Crippen molar-refractivity contribution in [3.05, 3.63) is 70.8 Å². The minimum absolute atomic E-state index is 0.118. The summed E-state index contributed by atoms with van der Waals surface area (Å²) in [6.45, 7) is 2.54. The first kappa shape index (κ1) is 20.8. The zero-order chi connectivity index (χ0) is 22.0. The van der Waals surface area contributed by atoms with Gasteiger partial charge < -0.3 is 9.64 Å². The van der Waals surface area contributed by atoms with Crippen molar-refractivity contribution in [3.8, 4) is 0 Å². The fraction of sp³-hybridized carbons (Fsp3) is 0.333. The number of likely N-dealkylation sites (tertiary alicyclic amines) is 1. The van der Waals surface area contributed by atoms with Gasteiger partial charge in [-0.3, -0.25) is 19.3 Å². The smallest absolute Gasteiger partial charge is 0.338 e. The van der Waals surface area contributed by atoms with E-state index in [-0.39, 0.29) is 36.9 Å². The molecule has 0 spiro atoms. The van der Waals surface area contributed by atoms with Gasteiger partial charge in [-0.15, -0.1) is 0 Å². The van der Waals surface area contributed by atoms with Crippen LogP contribution >= 0.6 is 0 Å². The molecule has 7 nitrogen and oxygen atoms in total. The quantitative estimate of drug-likeness (QED) is 0.548. The van der Waals surface area contributed by atoms with Gasteiger partial charge in [0.1, 0.15) is 0 Å². The second-order valence-electron chi connectivity index (χ2n) is 7.95. The Kier molecular flexibility index (Phi) is 5.84. The van der Waals surface area contributed by atoms with Crippen LogP contribution in [0.15, 0.2) is 48.5 Å². The Morgan fingerprint density at radius 1 is 0.968 bits per heavy atom. The molecule has 2 heterocycles. The highest BCUT2D eigenvalue weighted by Crippen LogP contribution is 2.24. The Morgan fingerprint density at radius 2 is 1.61 bits per heavy atom. The van der Waals surface area contributed by atoms with Crippen LogP contribution in [0.1, 0.15) is 62.8 Å². The van der Waals surface area contributed by atoms with Gasteiger partial charge in [-0.1, -0.05) is 24.3 Å². The van der Waals surface area contributed by atoms with Gasteiger partial charge in [-0.05, 0) is 56.0 Å². The number of hydrogen-bond donors (Lipinski definition) is 0. The molecule has 160 valence electrons. The van der Waals surface area contributed by atoms with Crippen LogP contribution in [0.4, 0.5) is 0 Å². The number of nitrogens with zero attached hydrogens (tertiary/aromatic N) is 2. The monoisotopic (exact) mass is 420 g/mol. The normalized spacial score (nSPS) is 18.2. The molecule has 0 aliphatic carbocycles. The molecule has 0 saturated carbocycles. The van der Waals surface area contributed by atoms with E-state index in [1.165, 1.54) is 4.90 Å². The SMILES string of the molecule is CC1CCCCN1C(=O)COC(=O)c1ccc(CN2C(=O)c3ccccc3C2=O)cc1.